The van der Waals surface area contributed by atoms with Crippen LogP contribution in [0.3, 0.4) is 0 Å². The van der Waals surface area contributed by atoms with Gasteiger partial charge in [-0.25, -0.2) is 0 Å². The second-order valence-corrected chi connectivity index (χ2v) is 17.2. The van der Waals surface area contributed by atoms with Crippen molar-refractivity contribution in [2.24, 2.45) is 5.92 Å². The summed E-state index contributed by atoms with van der Waals surface area (Å²) in [4.78, 5) is 37.8. The van der Waals surface area contributed by atoms with Crippen molar-refractivity contribution in [1.82, 2.24) is 0 Å². The molecule has 55 heavy (non-hydrogen) atoms. The third-order valence-electron chi connectivity index (χ3n) is 11.0. The van der Waals surface area contributed by atoms with Gasteiger partial charge in [0.25, 0.3) is 0 Å². The van der Waals surface area contributed by atoms with Gasteiger partial charge in [0, 0.05) is 19.3 Å². The number of esters is 3. The van der Waals surface area contributed by atoms with Crippen molar-refractivity contribution in [3.05, 3.63) is 0 Å². The molecule has 0 aromatic carbocycles. The molecule has 1 atom stereocenters. The van der Waals surface area contributed by atoms with E-state index in [1.165, 1.54) is 167 Å². The molecule has 0 N–H and O–H groups in total. The number of rotatable bonds is 44. The Bertz CT molecular complexity index is 826. The van der Waals surface area contributed by atoms with Crippen LogP contribution in [-0.4, -0.2) is 37.2 Å². The molecule has 0 aliphatic rings. The third-order valence-corrected chi connectivity index (χ3v) is 11.0. The van der Waals surface area contributed by atoms with Gasteiger partial charge in [-0.1, -0.05) is 233 Å². The van der Waals surface area contributed by atoms with Crippen LogP contribution in [0.4, 0.5) is 0 Å². The van der Waals surface area contributed by atoms with Crippen LogP contribution in [0, 0.1) is 5.92 Å². The Labute approximate surface area is 342 Å². The molecule has 0 aromatic heterocycles. The molecule has 0 saturated carbocycles. The van der Waals surface area contributed by atoms with Crippen molar-refractivity contribution in [3.8, 4) is 0 Å². The average molecular weight is 779 g/mol. The van der Waals surface area contributed by atoms with Gasteiger partial charge in [-0.05, 0) is 25.2 Å². The molecule has 0 radical (unpaired) electrons. The number of carbonyl (C=O) groups is 3. The smallest absolute Gasteiger partial charge is 0.306 e. The Morgan fingerprint density at radius 1 is 0.345 bits per heavy atom. The molecule has 0 aromatic rings. The van der Waals surface area contributed by atoms with Gasteiger partial charge in [-0.3, -0.25) is 14.4 Å². The predicted molar refractivity (Wildman–Crippen MR) is 233 cm³/mol. The number of hydrogen-bond acceptors (Lipinski definition) is 6. The van der Waals surface area contributed by atoms with Crippen LogP contribution >= 0.6 is 0 Å². The highest BCUT2D eigenvalue weighted by Crippen LogP contribution is 2.16. The van der Waals surface area contributed by atoms with E-state index in [2.05, 4.69) is 27.7 Å². The second kappa shape index (κ2) is 43.5. The summed E-state index contributed by atoms with van der Waals surface area (Å²) >= 11 is 0. The van der Waals surface area contributed by atoms with E-state index >= 15 is 0 Å². The lowest BCUT2D eigenvalue weighted by Crippen LogP contribution is -2.30. The van der Waals surface area contributed by atoms with Gasteiger partial charge < -0.3 is 14.2 Å². The fourth-order valence-corrected chi connectivity index (χ4v) is 7.33. The highest BCUT2D eigenvalue weighted by atomic mass is 16.6. The van der Waals surface area contributed by atoms with Crippen molar-refractivity contribution in [2.45, 2.75) is 278 Å². The Kier molecular flexibility index (Phi) is 42.3. The van der Waals surface area contributed by atoms with Crippen LogP contribution in [0.15, 0.2) is 0 Å². The van der Waals surface area contributed by atoms with E-state index in [0.717, 1.165) is 63.7 Å². The fraction of sp³-hybridized carbons (Fsp3) is 0.939. The molecule has 0 aliphatic heterocycles. The minimum Gasteiger partial charge on any atom is -0.462 e. The molecule has 0 amide bonds. The van der Waals surface area contributed by atoms with Gasteiger partial charge in [0.2, 0.25) is 0 Å². The van der Waals surface area contributed by atoms with Crippen LogP contribution in [0.2, 0.25) is 0 Å². The monoisotopic (exact) mass is 779 g/mol. The summed E-state index contributed by atoms with van der Waals surface area (Å²) in [7, 11) is 0. The van der Waals surface area contributed by atoms with Crippen molar-refractivity contribution in [1.29, 1.82) is 0 Å². The molecular weight excluding hydrogens is 685 g/mol. The van der Waals surface area contributed by atoms with E-state index in [1.54, 1.807) is 0 Å². The minimum atomic E-state index is -0.759. The lowest BCUT2D eigenvalue weighted by Gasteiger charge is -2.18. The van der Waals surface area contributed by atoms with Crippen molar-refractivity contribution in [3.63, 3.8) is 0 Å². The minimum absolute atomic E-state index is 0.0633. The van der Waals surface area contributed by atoms with Gasteiger partial charge in [0.15, 0.2) is 6.10 Å². The zero-order chi connectivity index (χ0) is 40.3. The normalized spacial score (nSPS) is 11.9. The lowest BCUT2D eigenvalue weighted by atomic mass is 10.0. The summed E-state index contributed by atoms with van der Waals surface area (Å²) in [6.07, 6.45) is 43.7. The van der Waals surface area contributed by atoms with Crippen LogP contribution < -0.4 is 0 Å². The first-order valence-corrected chi connectivity index (χ1v) is 24.4. The van der Waals surface area contributed by atoms with Crippen LogP contribution in [-0.2, 0) is 28.6 Å². The highest BCUT2D eigenvalue weighted by Gasteiger charge is 2.19. The SMILES string of the molecule is CCCCCCCCCCCCCCCCC(=O)OC[C@H](COC(=O)CCCCCCCCCCCCC(C)C)OC(=O)CCCCCCCCCCCC. The maximum atomic E-state index is 12.7. The number of carbonyl (C=O) groups excluding carboxylic acids is 3. The molecule has 326 valence electrons. The summed E-state index contributed by atoms with van der Waals surface area (Å²) in [6.45, 7) is 8.99. The number of hydrogen-bond donors (Lipinski definition) is 0. The molecule has 6 nitrogen and oxygen atoms in total. The largest absolute Gasteiger partial charge is 0.462 e. The Morgan fingerprint density at radius 3 is 0.891 bits per heavy atom. The molecule has 0 bridgehead atoms. The van der Waals surface area contributed by atoms with Gasteiger partial charge in [0.1, 0.15) is 13.2 Å². The zero-order valence-corrected chi connectivity index (χ0v) is 37.4. The van der Waals surface area contributed by atoms with Crippen molar-refractivity contribution < 1.29 is 28.6 Å². The first kappa shape index (κ1) is 53.4. The number of ether oxygens (including phenoxy) is 3. The van der Waals surface area contributed by atoms with E-state index in [9.17, 15) is 14.4 Å². The maximum Gasteiger partial charge on any atom is 0.306 e. The molecule has 0 heterocycles. The van der Waals surface area contributed by atoms with Gasteiger partial charge in [0.05, 0.1) is 0 Å². The first-order chi connectivity index (χ1) is 26.9. The molecule has 0 spiro atoms. The summed E-state index contributed by atoms with van der Waals surface area (Å²) in [5, 5.41) is 0. The fourth-order valence-electron chi connectivity index (χ4n) is 7.33. The molecule has 0 aliphatic carbocycles. The second-order valence-electron chi connectivity index (χ2n) is 17.2. The standard InChI is InChI=1S/C49H94O6/c1-5-7-9-11-13-15-17-18-19-20-25-28-32-36-40-47(50)53-43-46(55-49(52)42-38-34-30-24-16-14-12-10-8-6-2)44-54-48(51)41-37-33-29-26-22-21-23-27-31-35-39-45(3)4/h45-46H,5-44H2,1-4H3/t46-/m1/s1. The first-order valence-electron chi connectivity index (χ1n) is 24.4. The van der Waals surface area contributed by atoms with Crippen LogP contribution in [0.25, 0.3) is 0 Å². The maximum absolute atomic E-state index is 12.7. The Hall–Kier alpha value is -1.59. The van der Waals surface area contributed by atoms with Crippen molar-refractivity contribution >= 4 is 17.9 Å². The molecular formula is C49H94O6. The van der Waals surface area contributed by atoms with E-state index in [1.807, 2.05) is 0 Å². The Morgan fingerprint density at radius 2 is 0.600 bits per heavy atom. The third kappa shape index (κ3) is 43.4. The average Bonchev–Trinajstić information content (AvgIpc) is 3.17. The van der Waals surface area contributed by atoms with E-state index in [4.69, 9.17) is 14.2 Å². The van der Waals surface area contributed by atoms with E-state index in [0.29, 0.717) is 19.3 Å². The van der Waals surface area contributed by atoms with E-state index < -0.39 is 6.10 Å². The van der Waals surface area contributed by atoms with Crippen LogP contribution in [0.1, 0.15) is 272 Å². The molecule has 0 fully saturated rings. The molecule has 0 unspecified atom stereocenters. The quantitative estimate of drug-likeness (QED) is 0.0348. The predicted octanol–water partition coefficient (Wildman–Crippen LogP) is 15.5. The Balaban J connectivity index is 4.29. The molecule has 0 rings (SSSR count). The summed E-state index contributed by atoms with van der Waals surface area (Å²) in [5.74, 6) is -0.0318. The van der Waals surface area contributed by atoms with Gasteiger partial charge in [-0.15, -0.1) is 0 Å². The zero-order valence-electron chi connectivity index (χ0n) is 37.4. The van der Waals surface area contributed by atoms with Gasteiger partial charge >= 0.3 is 17.9 Å². The highest BCUT2D eigenvalue weighted by molar-refractivity contribution is 5.71. The van der Waals surface area contributed by atoms with Crippen molar-refractivity contribution in [2.75, 3.05) is 13.2 Å². The lowest BCUT2D eigenvalue weighted by molar-refractivity contribution is -0.167. The van der Waals surface area contributed by atoms with E-state index in [-0.39, 0.29) is 31.1 Å². The molecule has 0 saturated heterocycles. The summed E-state index contributed by atoms with van der Waals surface area (Å²) in [5.41, 5.74) is 0. The summed E-state index contributed by atoms with van der Waals surface area (Å²) < 4.78 is 16.7. The number of unbranched alkanes of at least 4 members (excludes halogenated alkanes) is 31. The van der Waals surface area contributed by atoms with Gasteiger partial charge in [-0.2, -0.15) is 0 Å². The topological polar surface area (TPSA) is 78.9 Å². The summed E-state index contributed by atoms with van der Waals surface area (Å²) in [6, 6.07) is 0. The van der Waals surface area contributed by atoms with Crippen LogP contribution in [0.5, 0.6) is 0 Å². The molecule has 6 heteroatoms.